The van der Waals surface area contributed by atoms with Crippen molar-refractivity contribution in [2.75, 3.05) is 6.54 Å². The van der Waals surface area contributed by atoms with Crippen molar-refractivity contribution < 1.29 is 8.78 Å². The molecule has 1 nitrogen and oxygen atoms in total. The molecule has 1 unspecified atom stereocenters. The molecule has 106 valence electrons. The van der Waals surface area contributed by atoms with Gasteiger partial charge in [0.2, 0.25) is 0 Å². The van der Waals surface area contributed by atoms with Gasteiger partial charge in [0.05, 0.1) is 11.1 Å². The van der Waals surface area contributed by atoms with Crippen molar-refractivity contribution in [3.8, 4) is 0 Å². The van der Waals surface area contributed by atoms with Gasteiger partial charge in [-0.3, -0.25) is 0 Å². The third-order valence-corrected chi connectivity index (χ3v) is 3.49. The molecule has 0 radical (unpaired) electrons. The van der Waals surface area contributed by atoms with E-state index in [1.54, 1.807) is 24.3 Å². The Kier molecular flexibility index (Phi) is 5.10. The lowest BCUT2D eigenvalue weighted by atomic mass is 9.98. The van der Waals surface area contributed by atoms with E-state index in [1.807, 2.05) is 6.92 Å². The SMILES string of the molecule is CCCNC(c1ccc(F)cc1)c1cccc(F)c1Cl. The number of halogens is 3. The number of hydrogen-bond acceptors (Lipinski definition) is 1. The van der Waals surface area contributed by atoms with Crippen LogP contribution in [0.4, 0.5) is 8.78 Å². The number of nitrogens with one attached hydrogen (secondary N) is 1. The van der Waals surface area contributed by atoms with Crippen molar-refractivity contribution in [1.82, 2.24) is 5.32 Å². The Balaban J connectivity index is 2.41. The van der Waals surface area contributed by atoms with Crippen LogP contribution in [-0.2, 0) is 0 Å². The fourth-order valence-corrected chi connectivity index (χ4v) is 2.33. The van der Waals surface area contributed by atoms with Gasteiger partial charge in [-0.15, -0.1) is 0 Å². The minimum absolute atomic E-state index is 0.102. The fourth-order valence-electron chi connectivity index (χ4n) is 2.09. The van der Waals surface area contributed by atoms with E-state index in [-0.39, 0.29) is 16.9 Å². The Morgan fingerprint density at radius 3 is 2.45 bits per heavy atom. The summed E-state index contributed by atoms with van der Waals surface area (Å²) < 4.78 is 26.7. The molecule has 0 aromatic heterocycles. The second-order valence-electron chi connectivity index (χ2n) is 4.58. The van der Waals surface area contributed by atoms with Gasteiger partial charge in [-0.25, -0.2) is 8.78 Å². The number of rotatable bonds is 5. The third-order valence-electron chi connectivity index (χ3n) is 3.09. The molecule has 1 atom stereocenters. The molecule has 2 rings (SSSR count). The summed E-state index contributed by atoms with van der Waals surface area (Å²) in [6.45, 7) is 2.80. The van der Waals surface area contributed by atoms with Gasteiger partial charge in [0, 0.05) is 0 Å². The van der Waals surface area contributed by atoms with Gasteiger partial charge in [-0.2, -0.15) is 0 Å². The molecule has 0 amide bonds. The van der Waals surface area contributed by atoms with Crippen LogP contribution in [-0.4, -0.2) is 6.54 Å². The van der Waals surface area contributed by atoms with Crippen LogP contribution >= 0.6 is 11.6 Å². The lowest BCUT2D eigenvalue weighted by Gasteiger charge is -2.21. The Labute approximate surface area is 122 Å². The van der Waals surface area contributed by atoms with Gasteiger partial charge in [-0.05, 0) is 42.3 Å². The predicted octanol–water partition coefficient (Wildman–Crippen LogP) is 4.71. The normalized spacial score (nSPS) is 12.4. The minimum atomic E-state index is -0.449. The van der Waals surface area contributed by atoms with Crippen LogP contribution in [0.1, 0.15) is 30.5 Å². The lowest BCUT2D eigenvalue weighted by molar-refractivity contribution is 0.582. The van der Waals surface area contributed by atoms with E-state index in [0.29, 0.717) is 5.56 Å². The van der Waals surface area contributed by atoms with Crippen molar-refractivity contribution in [2.24, 2.45) is 0 Å². The van der Waals surface area contributed by atoms with Crippen LogP contribution in [0.15, 0.2) is 42.5 Å². The third kappa shape index (κ3) is 3.35. The molecule has 0 saturated carbocycles. The van der Waals surface area contributed by atoms with Gasteiger partial charge in [0.25, 0.3) is 0 Å². The molecule has 0 fully saturated rings. The van der Waals surface area contributed by atoms with Crippen molar-refractivity contribution in [1.29, 1.82) is 0 Å². The standard InChI is InChI=1S/C16H16ClF2N/c1-2-10-20-16(11-6-8-12(18)9-7-11)13-4-3-5-14(19)15(13)17/h3-9,16,20H,2,10H2,1H3. The van der Waals surface area contributed by atoms with Crippen molar-refractivity contribution in [3.63, 3.8) is 0 Å². The summed E-state index contributed by atoms with van der Waals surface area (Å²) in [5, 5.41) is 3.42. The maximum absolute atomic E-state index is 13.6. The number of benzene rings is 2. The van der Waals surface area contributed by atoms with Crippen molar-refractivity contribution >= 4 is 11.6 Å². The van der Waals surface area contributed by atoms with E-state index in [9.17, 15) is 8.78 Å². The van der Waals surface area contributed by atoms with Gasteiger partial charge in [0.1, 0.15) is 11.6 Å². The highest BCUT2D eigenvalue weighted by molar-refractivity contribution is 6.31. The molecule has 0 bridgehead atoms. The Morgan fingerprint density at radius 1 is 1.10 bits per heavy atom. The maximum atomic E-state index is 13.6. The molecule has 20 heavy (non-hydrogen) atoms. The average molecular weight is 296 g/mol. The quantitative estimate of drug-likeness (QED) is 0.842. The molecular formula is C16H16ClF2N. The smallest absolute Gasteiger partial charge is 0.142 e. The summed E-state index contributed by atoms with van der Waals surface area (Å²) in [6.07, 6.45) is 0.935. The van der Waals surface area contributed by atoms with E-state index < -0.39 is 5.82 Å². The highest BCUT2D eigenvalue weighted by Gasteiger charge is 2.18. The van der Waals surface area contributed by atoms with E-state index in [2.05, 4.69) is 5.32 Å². The molecule has 2 aromatic rings. The first-order valence-corrected chi connectivity index (χ1v) is 6.94. The molecule has 0 spiro atoms. The van der Waals surface area contributed by atoms with Crippen LogP contribution in [0, 0.1) is 11.6 Å². The van der Waals surface area contributed by atoms with E-state index in [4.69, 9.17) is 11.6 Å². The van der Waals surface area contributed by atoms with E-state index in [1.165, 1.54) is 18.2 Å². The topological polar surface area (TPSA) is 12.0 Å². The molecule has 0 heterocycles. The van der Waals surface area contributed by atoms with Crippen LogP contribution in [0.3, 0.4) is 0 Å². The molecule has 4 heteroatoms. The summed E-state index contributed by atoms with van der Waals surface area (Å²) >= 11 is 6.06. The highest BCUT2D eigenvalue weighted by atomic mass is 35.5. The monoisotopic (exact) mass is 295 g/mol. The second kappa shape index (κ2) is 6.82. The molecule has 1 N–H and O–H groups in total. The van der Waals surface area contributed by atoms with Crippen molar-refractivity contribution in [3.05, 3.63) is 70.2 Å². The van der Waals surface area contributed by atoms with E-state index in [0.717, 1.165) is 18.5 Å². The molecule has 2 aromatic carbocycles. The van der Waals surface area contributed by atoms with Gasteiger partial charge in [-0.1, -0.05) is 42.8 Å². The average Bonchev–Trinajstić information content (AvgIpc) is 2.45. The van der Waals surface area contributed by atoms with Gasteiger partial charge >= 0.3 is 0 Å². The zero-order chi connectivity index (χ0) is 14.5. The van der Waals surface area contributed by atoms with Crippen molar-refractivity contribution in [2.45, 2.75) is 19.4 Å². The molecule has 0 saturated heterocycles. The van der Waals surface area contributed by atoms with Crippen LogP contribution in [0.2, 0.25) is 5.02 Å². The second-order valence-corrected chi connectivity index (χ2v) is 4.96. The zero-order valence-electron chi connectivity index (χ0n) is 11.2. The summed E-state index contributed by atoms with van der Waals surface area (Å²) in [7, 11) is 0. The maximum Gasteiger partial charge on any atom is 0.142 e. The lowest BCUT2D eigenvalue weighted by Crippen LogP contribution is -2.23. The molecule has 0 aliphatic heterocycles. The summed E-state index contributed by atoms with van der Waals surface area (Å²) in [5.74, 6) is -0.747. The first-order valence-electron chi connectivity index (χ1n) is 6.56. The summed E-state index contributed by atoms with van der Waals surface area (Å²) in [4.78, 5) is 0. The van der Waals surface area contributed by atoms with Gasteiger partial charge < -0.3 is 5.32 Å². The first-order chi connectivity index (χ1) is 9.63. The fraction of sp³-hybridized carbons (Fsp3) is 0.250. The highest BCUT2D eigenvalue weighted by Crippen LogP contribution is 2.30. The predicted molar refractivity (Wildman–Crippen MR) is 77.9 cm³/mol. The van der Waals surface area contributed by atoms with Crippen LogP contribution in [0.25, 0.3) is 0 Å². The Bertz CT molecular complexity index is 569. The Hall–Kier alpha value is -1.45. The Morgan fingerprint density at radius 2 is 1.80 bits per heavy atom. The minimum Gasteiger partial charge on any atom is -0.306 e. The van der Waals surface area contributed by atoms with Crippen LogP contribution < -0.4 is 5.32 Å². The summed E-state index contributed by atoms with van der Waals surface area (Å²) in [6, 6.07) is 10.6. The largest absolute Gasteiger partial charge is 0.306 e. The summed E-state index contributed by atoms with van der Waals surface area (Å²) in [5.41, 5.74) is 1.51. The van der Waals surface area contributed by atoms with Gasteiger partial charge in [0.15, 0.2) is 0 Å². The van der Waals surface area contributed by atoms with Crippen LogP contribution in [0.5, 0.6) is 0 Å². The molecular weight excluding hydrogens is 280 g/mol. The molecule has 0 aliphatic rings. The number of hydrogen-bond donors (Lipinski definition) is 1. The van der Waals surface area contributed by atoms with E-state index >= 15 is 0 Å². The zero-order valence-corrected chi connectivity index (χ0v) is 11.9. The first kappa shape index (κ1) is 14.9. The molecule has 0 aliphatic carbocycles.